The highest BCUT2D eigenvalue weighted by Crippen LogP contribution is 2.24. The van der Waals surface area contributed by atoms with Gasteiger partial charge in [0.15, 0.2) is 17.7 Å². The number of hydrogen-bond donors (Lipinski definition) is 1. The molecule has 0 unspecified atom stereocenters. The zero-order valence-electron chi connectivity index (χ0n) is 16.0. The molecule has 148 valence electrons. The lowest BCUT2D eigenvalue weighted by Crippen LogP contribution is -2.43. The molecule has 1 saturated heterocycles. The van der Waals surface area contributed by atoms with Gasteiger partial charge < -0.3 is 15.0 Å². The normalized spacial score (nSPS) is 20.4. The maximum Gasteiger partial charge on any atom is 0.263 e. The molecule has 1 amide bonds. The number of ether oxygens (including phenoxy) is 1. The van der Waals surface area contributed by atoms with Gasteiger partial charge in [-0.1, -0.05) is 12.1 Å². The number of para-hydroxylation sites is 1. The van der Waals surface area contributed by atoms with Crippen molar-refractivity contribution in [2.24, 2.45) is 0 Å². The third kappa shape index (κ3) is 3.99. The highest BCUT2D eigenvalue weighted by atomic mass is 19.1. The van der Waals surface area contributed by atoms with E-state index < -0.39 is 11.9 Å². The summed E-state index contributed by atoms with van der Waals surface area (Å²) in [5.74, 6) is 0.739. The number of benzene rings is 1. The van der Waals surface area contributed by atoms with Crippen molar-refractivity contribution >= 4 is 5.91 Å². The second-order valence-corrected chi connectivity index (χ2v) is 7.44. The van der Waals surface area contributed by atoms with E-state index in [1.807, 2.05) is 6.20 Å². The number of halogens is 1. The van der Waals surface area contributed by atoms with E-state index in [1.165, 1.54) is 12.1 Å². The Hall–Kier alpha value is -2.54. The molecule has 6 nitrogen and oxygen atoms in total. The molecule has 1 fully saturated rings. The monoisotopic (exact) mass is 384 g/mol. The van der Waals surface area contributed by atoms with Crippen molar-refractivity contribution in [2.75, 3.05) is 19.6 Å². The molecule has 0 radical (unpaired) electrons. The van der Waals surface area contributed by atoms with Gasteiger partial charge in [-0.15, -0.1) is 0 Å². The highest BCUT2D eigenvalue weighted by molar-refractivity contribution is 5.81. The maximum atomic E-state index is 13.8. The first-order valence-corrected chi connectivity index (χ1v) is 9.87. The molecule has 2 aliphatic rings. The molecule has 4 rings (SSSR count). The highest BCUT2D eigenvalue weighted by Gasteiger charge is 2.28. The number of piperidine rings is 1. The number of rotatable bonds is 4. The summed E-state index contributed by atoms with van der Waals surface area (Å²) < 4.78 is 19.3. The first-order chi connectivity index (χ1) is 13.6. The van der Waals surface area contributed by atoms with Crippen LogP contribution >= 0.6 is 0 Å². The molecule has 2 aliphatic heterocycles. The summed E-state index contributed by atoms with van der Waals surface area (Å²) in [6.45, 7) is 4.68. The zero-order chi connectivity index (χ0) is 19.5. The van der Waals surface area contributed by atoms with Gasteiger partial charge in [-0.3, -0.25) is 4.79 Å². The van der Waals surface area contributed by atoms with Crippen LogP contribution in [0, 0.1) is 5.82 Å². The average Bonchev–Trinajstić information content (AvgIpc) is 2.74. The lowest BCUT2D eigenvalue weighted by Gasteiger charge is -2.31. The fourth-order valence-electron chi connectivity index (χ4n) is 3.83. The van der Waals surface area contributed by atoms with Gasteiger partial charge >= 0.3 is 0 Å². The molecule has 2 aromatic rings. The molecule has 1 aromatic heterocycles. The number of fused-ring (bicyclic) bond motifs is 1. The van der Waals surface area contributed by atoms with E-state index in [4.69, 9.17) is 9.72 Å². The van der Waals surface area contributed by atoms with Gasteiger partial charge in [0.25, 0.3) is 5.91 Å². The smallest absolute Gasteiger partial charge is 0.263 e. The molecule has 7 heteroatoms. The van der Waals surface area contributed by atoms with E-state index in [-0.39, 0.29) is 11.7 Å². The van der Waals surface area contributed by atoms with E-state index in [1.54, 1.807) is 24.0 Å². The summed E-state index contributed by atoms with van der Waals surface area (Å²) in [6.07, 6.45) is 4.05. The van der Waals surface area contributed by atoms with E-state index in [9.17, 15) is 9.18 Å². The van der Waals surface area contributed by atoms with Crippen molar-refractivity contribution in [3.8, 4) is 5.75 Å². The van der Waals surface area contributed by atoms with Crippen LogP contribution < -0.4 is 10.1 Å². The molecule has 1 N–H and O–H groups in total. The van der Waals surface area contributed by atoms with Gasteiger partial charge in [0.05, 0.1) is 5.69 Å². The van der Waals surface area contributed by atoms with Crippen LogP contribution in [0.4, 0.5) is 4.39 Å². The van der Waals surface area contributed by atoms with Crippen molar-refractivity contribution in [3.63, 3.8) is 0 Å². The van der Waals surface area contributed by atoms with Crippen LogP contribution in [0.2, 0.25) is 0 Å². The predicted octanol–water partition coefficient (Wildman–Crippen LogP) is 2.43. The van der Waals surface area contributed by atoms with Crippen molar-refractivity contribution in [1.82, 2.24) is 20.2 Å². The summed E-state index contributed by atoms with van der Waals surface area (Å²) in [6, 6.07) is 6.12. The van der Waals surface area contributed by atoms with Gasteiger partial charge in [0.2, 0.25) is 0 Å². The minimum atomic E-state index is -0.757. The van der Waals surface area contributed by atoms with Crippen molar-refractivity contribution in [2.45, 2.75) is 44.8 Å². The molecule has 1 aromatic carbocycles. The summed E-state index contributed by atoms with van der Waals surface area (Å²) in [7, 11) is 0. The molecule has 2 atom stereocenters. The van der Waals surface area contributed by atoms with Crippen molar-refractivity contribution < 1.29 is 13.9 Å². The molecule has 0 spiro atoms. The van der Waals surface area contributed by atoms with E-state index in [2.05, 4.69) is 10.3 Å². The number of nitrogens with zero attached hydrogens (tertiary/aromatic N) is 3. The molecule has 28 heavy (non-hydrogen) atoms. The Morgan fingerprint density at radius 1 is 1.39 bits per heavy atom. The third-order valence-corrected chi connectivity index (χ3v) is 5.41. The minimum Gasteiger partial charge on any atom is -0.478 e. The second-order valence-electron chi connectivity index (χ2n) is 7.44. The summed E-state index contributed by atoms with van der Waals surface area (Å²) in [4.78, 5) is 23.9. The van der Waals surface area contributed by atoms with Crippen LogP contribution in [0.15, 0.2) is 30.5 Å². The largest absolute Gasteiger partial charge is 0.478 e. The van der Waals surface area contributed by atoms with Crippen LogP contribution in [0.1, 0.15) is 42.8 Å². The van der Waals surface area contributed by atoms with Crippen LogP contribution in [-0.2, 0) is 17.8 Å². The quantitative estimate of drug-likeness (QED) is 0.877. The molecular weight excluding hydrogens is 359 g/mol. The summed E-state index contributed by atoms with van der Waals surface area (Å²) in [5.41, 5.74) is 2.01. The molecular formula is C21H25FN4O2. The Morgan fingerprint density at radius 2 is 2.25 bits per heavy atom. The summed E-state index contributed by atoms with van der Waals surface area (Å²) >= 11 is 0. The van der Waals surface area contributed by atoms with Crippen LogP contribution in [0.25, 0.3) is 0 Å². The Labute approximate surface area is 164 Å². The first kappa shape index (κ1) is 18.8. The molecule has 3 heterocycles. The van der Waals surface area contributed by atoms with Gasteiger partial charge in [-0.25, -0.2) is 14.4 Å². The van der Waals surface area contributed by atoms with Gasteiger partial charge in [-0.2, -0.15) is 0 Å². The number of carbonyl (C=O) groups is 1. The van der Waals surface area contributed by atoms with Crippen LogP contribution in [-0.4, -0.2) is 46.5 Å². The van der Waals surface area contributed by atoms with E-state index >= 15 is 0 Å². The zero-order valence-corrected chi connectivity index (χ0v) is 16.0. The Kier molecular flexibility index (Phi) is 5.52. The Morgan fingerprint density at radius 3 is 3.04 bits per heavy atom. The maximum absolute atomic E-state index is 13.8. The Bertz CT molecular complexity index is 854. The number of amides is 1. The second kappa shape index (κ2) is 8.22. The number of nitrogens with one attached hydrogen (secondary N) is 1. The summed E-state index contributed by atoms with van der Waals surface area (Å²) in [5, 5.41) is 3.40. The SMILES string of the molecule is C[C@H](Oc1ccccc1F)C(=O)N1CCc2nc([C@H]3CCCNC3)ncc2C1. The molecule has 0 saturated carbocycles. The molecule has 0 aliphatic carbocycles. The fraction of sp³-hybridized carbons (Fsp3) is 0.476. The van der Waals surface area contributed by atoms with E-state index in [0.29, 0.717) is 25.4 Å². The van der Waals surface area contributed by atoms with Gasteiger partial charge in [-0.05, 0) is 38.4 Å². The lowest BCUT2D eigenvalue weighted by atomic mass is 9.98. The topological polar surface area (TPSA) is 67.3 Å². The first-order valence-electron chi connectivity index (χ1n) is 9.87. The van der Waals surface area contributed by atoms with Crippen molar-refractivity contribution in [3.05, 3.63) is 53.4 Å². The average molecular weight is 384 g/mol. The van der Waals surface area contributed by atoms with Gasteiger partial charge in [0.1, 0.15) is 5.82 Å². The van der Waals surface area contributed by atoms with Crippen LogP contribution in [0.5, 0.6) is 5.75 Å². The standard InChI is InChI=1S/C21H25FN4O2/c1-14(28-19-7-3-2-6-17(19)22)21(27)26-10-8-18-16(13-26)12-24-20(25-18)15-5-4-9-23-11-15/h2-3,6-7,12,14-15,23H,4-5,8-11,13H2,1H3/t14-,15-/m0/s1. The molecule has 0 bridgehead atoms. The fourth-order valence-corrected chi connectivity index (χ4v) is 3.83. The predicted molar refractivity (Wildman–Crippen MR) is 102 cm³/mol. The number of carbonyl (C=O) groups excluding carboxylic acids is 1. The van der Waals surface area contributed by atoms with E-state index in [0.717, 1.165) is 43.0 Å². The Balaban J connectivity index is 1.41. The van der Waals surface area contributed by atoms with Crippen LogP contribution in [0.3, 0.4) is 0 Å². The lowest BCUT2D eigenvalue weighted by molar-refractivity contribution is -0.139. The third-order valence-electron chi connectivity index (χ3n) is 5.41. The number of hydrogen-bond acceptors (Lipinski definition) is 5. The van der Waals surface area contributed by atoms with Gasteiger partial charge in [0, 0.05) is 43.7 Å². The number of aromatic nitrogens is 2. The van der Waals surface area contributed by atoms with Crippen molar-refractivity contribution in [1.29, 1.82) is 0 Å². The minimum absolute atomic E-state index is 0.0924.